The lowest BCUT2D eigenvalue weighted by molar-refractivity contribution is 0.638. The molecule has 4 heterocycles. The van der Waals surface area contributed by atoms with E-state index >= 15 is 0 Å². The third-order valence-electron chi connectivity index (χ3n) is 4.39. The molecule has 0 saturated carbocycles. The fourth-order valence-corrected chi connectivity index (χ4v) is 3.08. The lowest BCUT2D eigenvalue weighted by Crippen LogP contribution is -2.47. The Morgan fingerprint density at radius 2 is 1.83 bits per heavy atom. The van der Waals surface area contributed by atoms with Crippen LogP contribution in [0.25, 0.3) is 5.52 Å². The second-order valence-corrected chi connectivity index (χ2v) is 6.02. The van der Waals surface area contributed by atoms with Gasteiger partial charge in [0.1, 0.15) is 5.52 Å². The highest BCUT2D eigenvalue weighted by molar-refractivity contribution is 5.69. The van der Waals surface area contributed by atoms with Crippen molar-refractivity contribution in [2.45, 2.75) is 6.92 Å². The molecule has 3 aromatic heterocycles. The van der Waals surface area contributed by atoms with Gasteiger partial charge < -0.3 is 9.80 Å². The molecule has 0 N–H and O–H groups in total. The summed E-state index contributed by atoms with van der Waals surface area (Å²) in [5, 5.41) is 8.54. The molecule has 8 nitrogen and oxygen atoms in total. The van der Waals surface area contributed by atoms with Gasteiger partial charge in [-0.1, -0.05) is 0 Å². The number of hydrogen-bond donors (Lipinski definition) is 0. The molecule has 0 radical (unpaired) electrons. The first-order valence-electron chi connectivity index (χ1n) is 7.96. The minimum absolute atomic E-state index is 0.0869. The van der Waals surface area contributed by atoms with Crippen molar-refractivity contribution in [3.63, 3.8) is 0 Å². The van der Waals surface area contributed by atoms with E-state index in [1.54, 1.807) is 25.5 Å². The maximum Gasteiger partial charge on any atom is 0.268 e. The van der Waals surface area contributed by atoms with E-state index in [-0.39, 0.29) is 5.56 Å². The Morgan fingerprint density at radius 1 is 1.08 bits per heavy atom. The number of aromatic nitrogens is 5. The average molecular weight is 325 g/mol. The lowest BCUT2D eigenvalue weighted by atomic mass is 10.2. The molecule has 3 aromatic rings. The molecule has 1 fully saturated rings. The molecule has 24 heavy (non-hydrogen) atoms. The van der Waals surface area contributed by atoms with Crippen LogP contribution >= 0.6 is 0 Å². The molecule has 0 unspecified atom stereocenters. The first kappa shape index (κ1) is 14.7. The first-order valence-corrected chi connectivity index (χ1v) is 7.96. The molecule has 8 heteroatoms. The molecule has 0 spiro atoms. The summed E-state index contributed by atoms with van der Waals surface area (Å²) in [5.41, 5.74) is 2.80. The SMILES string of the molecule is Cc1cc2c(N3CCN(c4cnn(C)c(=O)c4)CC3)nccn2n1. The highest BCUT2D eigenvalue weighted by Crippen LogP contribution is 2.22. The highest BCUT2D eigenvalue weighted by Gasteiger charge is 2.21. The van der Waals surface area contributed by atoms with Crippen molar-refractivity contribution >= 4 is 17.0 Å². The van der Waals surface area contributed by atoms with Gasteiger partial charge in [-0.05, 0) is 13.0 Å². The van der Waals surface area contributed by atoms with Crippen LogP contribution in [-0.2, 0) is 7.05 Å². The quantitative estimate of drug-likeness (QED) is 0.682. The summed E-state index contributed by atoms with van der Waals surface area (Å²) in [5.74, 6) is 0.958. The Labute approximate surface area is 138 Å². The zero-order valence-corrected chi connectivity index (χ0v) is 13.8. The maximum absolute atomic E-state index is 11.8. The third kappa shape index (κ3) is 2.49. The van der Waals surface area contributed by atoms with Gasteiger partial charge in [0.2, 0.25) is 0 Å². The number of piperazine rings is 1. The van der Waals surface area contributed by atoms with Crippen molar-refractivity contribution in [2.75, 3.05) is 36.0 Å². The van der Waals surface area contributed by atoms with Crippen molar-refractivity contribution in [2.24, 2.45) is 7.05 Å². The average Bonchev–Trinajstić information content (AvgIpc) is 2.97. The topological polar surface area (TPSA) is 71.6 Å². The standard InChI is InChI=1S/C16H19N7O/c1-12-9-14-16(17-3-4-23(14)19-12)22-7-5-21(6-8-22)13-10-15(24)20(2)18-11-13/h3-4,9-11H,5-8H2,1-2H3. The van der Waals surface area contributed by atoms with Crippen LogP contribution in [0.4, 0.5) is 11.5 Å². The molecule has 1 saturated heterocycles. The van der Waals surface area contributed by atoms with Crippen LogP contribution < -0.4 is 15.4 Å². The van der Waals surface area contributed by atoms with Gasteiger partial charge in [-0.3, -0.25) is 4.79 Å². The molecule has 0 bridgehead atoms. The number of fused-ring (bicyclic) bond motifs is 1. The van der Waals surface area contributed by atoms with Gasteiger partial charge in [-0.25, -0.2) is 14.2 Å². The molecule has 1 aliphatic rings. The maximum atomic E-state index is 11.8. The molecule has 0 aliphatic carbocycles. The fraction of sp³-hybridized carbons (Fsp3) is 0.375. The Morgan fingerprint density at radius 3 is 2.58 bits per heavy atom. The van der Waals surface area contributed by atoms with Gasteiger partial charge in [0.05, 0.1) is 17.6 Å². The van der Waals surface area contributed by atoms with E-state index in [0.717, 1.165) is 48.9 Å². The molecule has 4 rings (SSSR count). The minimum atomic E-state index is -0.0869. The summed E-state index contributed by atoms with van der Waals surface area (Å²) in [6.07, 6.45) is 5.40. The zero-order chi connectivity index (χ0) is 16.7. The lowest BCUT2D eigenvalue weighted by Gasteiger charge is -2.36. The van der Waals surface area contributed by atoms with Crippen LogP contribution in [0.5, 0.6) is 0 Å². The van der Waals surface area contributed by atoms with Crippen molar-refractivity contribution < 1.29 is 0 Å². The van der Waals surface area contributed by atoms with E-state index in [0.29, 0.717) is 0 Å². The second-order valence-electron chi connectivity index (χ2n) is 6.02. The molecule has 1 aliphatic heterocycles. The van der Waals surface area contributed by atoms with E-state index in [4.69, 9.17) is 0 Å². The molecule has 0 aromatic carbocycles. The van der Waals surface area contributed by atoms with Crippen molar-refractivity contribution in [3.05, 3.63) is 46.8 Å². The fourth-order valence-electron chi connectivity index (χ4n) is 3.08. The smallest absolute Gasteiger partial charge is 0.268 e. The van der Waals surface area contributed by atoms with E-state index in [1.165, 1.54) is 4.68 Å². The second kappa shape index (κ2) is 5.63. The van der Waals surface area contributed by atoms with E-state index in [2.05, 4.69) is 31.0 Å². The minimum Gasteiger partial charge on any atom is -0.367 e. The number of rotatable bonds is 2. The normalized spacial score (nSPS) is 15.2. The van der Waals surface area contributed by atoms with Crippen LogP contribution in [0, 0.1) is 6.92 Å². The largest absolute Gasteiger partial charge is 0.367 e. The third-order valence-corrected chi connectivity index (χ3v) is 4.39. The van der Waals surface area contributed by atoms with Gasteiger partial charge in [0, 0.05) is 51.7 Å². The van der Waals surface area contributed by atoms with Crippen molar-refractivity contribution in [1.29, 1.82) is 0 Å². The van der Waals surface area contributed by atoms with Gasteiger partial charge in [-0.2, -0.15) is 10.2 Å². The predicted molar refractivity (Wildman–Crippen MR) is 91.6 cm³/mol. The number of anilines is 2. The molecule has 124 valence electrons. The predicted octanol–water partition coefficient (Wildman–Crippen LogP) is 0.458. The first-order chi connectivity index (χ1) is 11.6. The summed E-state index contributed by atoms with van der Waals surface area (Å²) >= 11 is 0. The molecular weight excluding hydrogens is 306 g/mol. The summed E-state index contributed by atoms with van der Waals surface area (Å²) in [4.78, 5) is 20.8. The Hall–Kier alpha value is -2.90. The van der Waals surface area contributed by atoms with Gasteiger partial charge in [0.15, 0.2) is 5.82 Å². The van der Waals surface area contributed by atoms with E-state index in [1.807, 2.05) is 17.6 Å². The van der Waals surface area contributed by atoms with Crippen LogP contribution in [0.2, 0.25) is 0 Å². The van der Waals surface area contributed by atoms with Crippen LogP contribution in [0.15, 0.2) is 35.5 Å². The van der Waals surface area contributed by atoms with Crippen LogP contribution in [0.1, 0.15) is 5.69 Å². The van der Waals surface area contributed by atoms with Gasteiger partial charge in [0.25, 0.3) is 5.56 Å². The van der Waals surface area contributed by atoms with Crippen LogP contribution in [-0.4, -0.2) is 50.6 Å². The highest BCUT2D eigenvalue weighted by atomic mass is 16.1. The molecule has 0 atom stereocenters. The van der Waals surface area contributed by atoms with Crippen molar-refractivity contribution in [3.8, 4) is 0 Å². The van der Waals surface area contributed by atoms with Gasteiger partial charge in [-0.15, -0.1) is 0 Å². The van der Waals surface area contributed by atoms with Crippen LogP contribution in [0.3, 0.4) is 0 Å². The van der Waals surface area contributed by atoms with E-state index < -0.39 is 0 Å². The zero-order valence-electron chi connectivity index (χ0n) is 13.8. The Bertz CT molecular complexity index is 937. The Balaban J connectivity index is 1.55. The summed E-state index contributed by atoms with van der Waals surface area (Å²) < 4.78 is 3.21. The summed E-state index contributed by atoms with van der Waals surface area (Å²) in [6.45, 7) is 5.31. The summed E-state index contributed by atoms with van der Waals surface area (Å²) in [6, 6.07) is 3.70. The molecule has 0 amide bonds. The number of aryl methyl sites for hydroxylation is 2. The number of nitrogens with zero attached hydrogens (tertiary/aromatic N) is 7. The number of hydrogen-bond acceptors (Lipinski definition) is 6. The summed E-state index contributed by atoms with van der Waals surface area (Å²) in [7, 11) is 1.66. The van der Waals surface area contributed by atoms with Gasteiger partial charge >= 0.3 is 0 Å². The molecular formula is C16H19N7O. The monoisotopic (exact) mass is 325 g/mol. The van der Waals surface area contributed by atoms with E-state index in [9.17, 15) is 4.79 Å². The Kier molecular flexibility index (Phi) is 3.44. The van der Waals surface area contributed by atoms with Crippen molar-refractivity contribution in [1.82, 2.24) is 24.4 Å².